The van der Waals surface area contributed by atoms with E-state index in [4.69, 9.17) is 0 Å². The molecule has 0 unspecified atom stereocenters. The average Bonchev–Trinajstić information content (AvgIpc) is 1.87. The predicted octanol–water partition coefficient (Wildman–Crippen LogP) is 1.36. The molecular weight excluding hydrogens is 102 g/mol. The maximum absolute atomic E-state index is 11.5. The fourth-order valence-corrected chi connectivity index (χ4v) is 0.256. The van der Waals surface area contributed by atoms with Gasteiger partial charge >= 0.3 is 0 Å². The first kappa shape index (κ1) is 4.30. The summed E-state index contributed by atoms with van der Waals surface area (Å²) < 4.78 is 26.9. The third-order valence-corrected chi connectivity index (χ3v) is 0.484. The Kier molecular flexibility index (Phi) is 0.817. The van der Waals surface area contributed by atoms with E-state index in [2.05, 4.69) is 4.42 Å². The van der Waals surface area contributed by atoms with Crippen LogP contribution in [0.3, 0.4) is 0 Å². The van der Waals surface area contributed by atoms with E-state index in [1.54, 1.807) is 6.07 Å². The highest BCUT2D eigenvalue weighted by molar-refractivity contribution is 4.85. The van der Waals surface area contributed by atoms with Gasteiger partial charge in [-0.05, 0) is 0 Å². The number of hydrogen-bond acceptors (Lipinski definition) is 1. The minimum Gasteiger partial charge on any atom is -0.436 e. The molecule has 0 aliphatic carbocycles. The zero-order chi connectivity index (χ0) is 5.28. The van der Waals surface area contributed by atoms with E-state index in [9.17, 15) is 8.78 Å². The lowest BCUT2D eigenvalue weighted by Crippen LogP contribution is -1.57. The van der Waals surface area contributed by atoms with E-state index >= 15 is 0 Å². The van der Waals surface area contributed by atoms with Crippen molar-refractivity contribution < 1.29 is 13.2 Å². The molecule has 1 aromatic heterocycles. The van der Waals surface area contributed by atoms with Crippen LogP contribution >= 0.6 is 0 Å². The molecule has 0 spiro atoms. The van der Waals surface area contributed by atoms with Crippen LogP contribution in [0.4, 0.5) is 8.78 Å². The van der Waals surface area contributed by atoms with Crippen molar-refractivity contribution in [2.45, 2.75) is 0 Å². The van der Waals surface area contributed by atoms with Crippen LogP contribution in [-0.4, -0.2) is 0 Å². The van der Waals surface area contributed by atoms with Crippen LogP contribution in [0, 0.1) is 17.9 Å². The number of furan rings is 1. The predicted molar refractivity (Wildman–Crippen MR) is 17.5 cm³/mol. The summed E-state index contributed by atoms with van der Waals surface area (Å²) in [5.74, 6) is -0.808. The van der Waals surface area contributed by atoms with Gasteiger partial charge in [0.15, 0.2) is 5.82 Å². The Balaban J connectivity index is 3.04. The van der Waals surface area contributed by atoms with Crippen LogP contribution in [0.2, 0.25) is 0 Å². The summed E-state index contributed by atoms with van der Waals surface area (Å²) in [6, 6.07) is 0.623. The highest BCUT2D eigenvalue weighted by atomic mass is 19.1. The van der Waals surface area contributed by atoms with Gasteiger partial charge in [-0.1, -0.05) is 0 Å². The Morgan fingerprint density at radius 1 is 1.57 bits per heavy atom. The molecular formula is C4HF2O. The smallest absolute Gasteiger partial charge is 0.289 e. The van der Waals surface area contributed by atoms with E-state index in [1.165, 1.54) is 0 Å². The Morgan fingerprint density at radius 2 is 2.29 bits per heavy atom. The van der Waals surface area contributed by atoms with Crippen molar-refractivity contribution in [1.29, 1.82) is 0 Å². The van der Waals surface area contributed by atoms with Crippen molar-refractivity contribution in [2.24, 2.45) is 0 Å². The van der Waals surface area contributed by atoms with Gasteiger partial charge in [0.1, 0.15) is 12.3 Å². The minimum absolute atomic E-state index is 0.648. The molecule has 1 rings (SSSR count). The lowest BCUT2D eigenvalue weighted by molar-refractivity contribution is 0.356. The number of rotatable bonds is 0. The summed E-state index contributed by atoms with van der Waals surface area (Å²) in [6.45, 7) is 0. The fourth-order valence-electron chi connectivity index (χ4n) is 0.256. The molecule has 1 nitrogen and oxygen atoms in total. The van der Waals surface area contributed by atoms with Gasteiger partial charge in [-0.15, -0.1) is 0 Å². The zero-order valence-corrected chi connectivity index (χ0v) is 3.24. The van der Waals surface area contributed by atoms with Crippen molar-refractivity contribution in [3.05, 3.63) is 24.2 Å². The second kappa shape index (κ2) is 1.33. The van der Waals surface area contributed by atoms with E-state index in [0.717, 1.165) is 0 Å². The van der Waals surface area contributed by atoms with Gasteiger partial charge in [0.2, 0.25) is 0 Å². The molecule has 0 saturated carbocycles. The SMILES string of the molecule is Fc1[c]c(F)oc1. The first-order valence-corrected chi connectivity index (χ1v) is 1.61. The largest absolute Gasteiger partial charge is 0.436 e. The van der Waals surface area contributed by atoms with Gasteiger partial charge in [-0.25, -0.2) is 4.39 Å². The second-order valence-corrected chi connectivity index (χ2v) is 0.982. The number of hydrogen-bond donors (Lipinski definition) is 0. The Hall–Kier alpha value is -0.860. The highest BCUT2D eigenvalue weighted by Gasteiger charge is 1.95. The van der Waals surface area contributed by atoms with Crippen LogP contribution in [-0.2, 0) is 0 Å². The fraction of sp³-hybridized carbons (Fsp3) is 0. The average molecular weight is 103 g/mol. The van der Waals surface area contributed by atoms with E-state index in [1.807, 2.05) is 0 Å². The molecule has 0 N–H and O–H groups in total. The molecule has 1 radical (unpaired) electrons. The third kappa shape index (κ3) is 0.765. The first-order chi connectivity index (χ1) is 3.29. The molecule has 7 heavy (non-hydrogen) atoms. The van der Waals surface area contributed by atoms with Crippen LogP contribution in [0.1, 0.15) is 0 Å². The van der Waals surface area contributed by atoms with Gasteiger partial charge in [0.25, 0.3) is 6.01 Å². The summed E-state index contributed by atoms with van der Waals surface area (Å²) in [4.78, 5) is 0. The molecule has 0 fully saturated rings. The molecule has 0 aromatic carbocycles. The summed E-state index contributed by atoms with van der Waals surface area (Å²) in [5, 5.41) is 0. The highest BCUT2D eigenvalue weighted by Crippen LogP contribution is 1.99. The molecule has 0 bridgehead atoms. The Bertz CT molecular complexity index is 142. The number of halogens is 2. The van der Waals surface area contributed by atoms with Crippen LogP contribution in [0.5, 0.6) is 0 Å². The van der Waals surface area contributed by atoms with Crippen molar-refractivity contribution in [1.82, 2.24) is 0 Å². The van der Waals surface area contributed by atoms with Crippen LogP contribution < -0.4 is 0 Å². The zero-order valence-electron chi connectivity index (χ0n) is 3.24. The van der Waals surface area contributed by atoms with E-state index < -0.39 is 11.8 Å². The molecule has 0 amide bonds. The summed E-state index contributed by atoms with van der Waals surface area (Å²) in [6.07, 6.45) is 0.648. The first-order valence-electron chi connectivity index (χ1n) is 1.61. The molecule has 1 aromatic rings. The summed E-state index contributed by atoms with van der Waals surface area (Å²) in [7, 11) is 0. The Labute approximate surface area is 38.6 Å². The standard InChI is InChI=1S/C4HF2O/c5-3-1-4(6)7-2-3/h2H. The topological polar surface area (TPSA) is 13.1 Å². The van der Waals surface area contributed by atoms with Gasteiger partial charge in [-0.2, -0.15) is 4.39 Å². The molecule has 1 heterocycles. The van der Waals surface area contributed by atoms with Crippen molar-refractivity contribution in [3.63, 3.8) is 0 Å². The lowest BCUT2D eigenvalue weighted by Gasteiger charge is -1.62. The third-order valence-electron chi connectivity index (χ3n) is 0.484. The molecule has 0 saturated heterocycles. The quantitative estimate of drug-likeness (QED) is 0.483. The minimum atomic E-state index is -1.02. The van der Waals surface area contributed by atoms with Gasteiger partial charge in [0.05, 0.1) is 0 Å². The van der Waals surface area contributed by atoms with Gasteiger partial charge < -0.3 is 4.42 Å². The maximum atomic E-state index is 11.5. The van der Waals surface area contributed by atoms with E-state index in [-0.39, 0.29) is 0 Å². The monoisotopic (exact) mass is 103 g/mol. The summed E-state index contributed by atoms with van der Waals surface area (Å²) >= 11 is 0. The maximum Gasteiger partial charge on any atom is 0.289 e. The van der Waals surface area contributed by atoms with Crippen LogP contribution in [0.15, 0.2) is 10.7 Å². The molecule has 3 heteroatoms. The summed E-state index contributed by atoms with van der Waals surface area (Å²) in [5.41, 5.74) is 0. The van der Waals surface area contributed by atoms with Crippen LogP contribution in [0.25, 0.3) is 0 Å². The van der Waals surface area contributed by atoms with Gasteiger partial charge in [-0.3, -0.25) is 0 Å². The van der Waals surface area contributed by atoms with Crippen molar-refractivity contribution in [2.75, 3.05) is 0 Å². The molecule has 0 atom stereocenters. The van der Waals surface area contributed by atoms with Crippen molar-refractivity contribution >= 4 is 0 Å². The molecule has 0 aliphatic rings. The Morgan fingerprint density at radius 3 is 2.43 bits per heavy atom. The normalized spacial score (nSPS) is 9.43. The lowest BCUT2D eigenvalue weighted by atomic mass is 10.6. The molecule has 0 aliphatic heterocycles. The second-order valence-electron chi connectivity index (χ2n) is 0.982. The van der Waals surface area contributed by atoms with E-state index in [0.29, 0.717) is 6.26 Å². The van der Waals surface area contributed by atoms with Crippen molar-refractivity contribution in [3.8, 4) is 0 Å². The molecule has 37 valence electrons. The van der Waals surface area contributed by atoms with Gasteiger partial charge in [0, 0.05) is 0 Å².